The Morgan fingerprint density at radius 2 is 0.672 bits per heavy atom. The third kappa shape index (κ3) is 7.04. The Kier molecular flexibility index (Phi) is 9.44. The fourth-order valence-electron chi connectivity index (χ4n) is 8.48. The van der Waals surface area contributed by atoms with Gasteiger partial charge in [-0.1, -0.05) is 152 Å². The van der Waals surface area contributed by atoms with Gasteiger partial charge >= 0.3 is 0 Å². The van der Waals surface area contributed by atoms with E-state index in [-0.39, 0.29) is 11.8 Å². The van der Waals surface area contributed by atoms with Crippen LogP contribution in [0, 0.1) is 0 Å². The number of nitrogens with two attached hydrogens (primary N) is 4. The van der Waals surface area contributed by atoms with Crippen molar-refractivity contribution in [3.05, 3.63) is 233 Å². The number of benzene rings is 9. The van der Waals surface area contributed by atoms with Crippen LogP contribution in [0.5, 0.6) is 0 Å². The summed E-state index contributed by atoms with van der Waals surface area (Å²) in [5.41, 5.74) is 38.1. The molecule has 9 aromatic carbocycles. The predicted molar refractivity (Wildman–Crippen MR) is 249 cm³/mol. The molecule has 0 aliphatic carbocycles. The summed E-state index contributed by atoms with van der Waals surface area (Å²) in [6.45, 7) is 4.10. The second-order valence-corrected chi connectivity index (χ2v) is 15.2. The van der Waals surface area contributed by atoms with Crippen LogP contribution in [0.4, 0.5) is 17.1 Å². The van der Waals surface area contributed by atoms with E-state index in [0.717, 1.165) is 71.6 Å². The van der Waals surface area contributed by atoms with E-state index in [4.69, 9.17) is 22.9 Å². The lowest BCUT2D eigenvalue weighted by atomic mass is 9.82. The standard InChI is InChI=1S/C54H44N4/c1-2-34-27-46(15-7-37(34)25-26-55)53(47-16-12-43-31-50(56)22-19-40(43)28-47)38-8-3-35(4-9-38)36-5-10-39(11-6-36)54(48-17-13-44-32-51(57)23-20-41(44)29-48)49-18-14-45-33-52(58)24-21-42(45)30-49/h2-33,53-54H,1,55-58H2/b26-25+. The topological polar surface area (TPSA) is 104 Å². The van der Waals surface area contributed by atoms with Gasteiger partial charge in [0, 0.05) is 28.9 Å². The van der Waals surface area contributed by atoms with Crippen LogP contribution in [0.15, 0.2) is 189 Å². The number of rotatable bonds is 9. The molecule has 0 spiro atoms. The molecule has 0 radical (unpaired) electrons. The van der Waals surface area contributed by atoms with Crippen molar-refractivity contribution in [1.29, 1.82) is 0 Å². The van der Waals surface area contributed by atoms with Crippen LogP contribution in [0.2, 0.25) is 0 Å². The quantitative estimate of drug-likeness (QED) is 0.0871. The zero-order valence-electron chi connectivity index (χ0n) is 32.1. The van der Waals surface area contributed by atoms with E-state index in [2.05, 4.69) is 146 Å². The summed E-state index contributed by atoms with van der Waals surface area (Å²) in [7, 11) is 0. The molecule has 280 valence electrons. The molecule has 0 aliphatic rings. The number of hydrogen-bond acceptors (Lipinski definition) is 4. The molecule has 0 saturated carbocycles. The Bertz CT molecular complexity index is 2930. The van der Waals surface area contributed by atoms with Crippen LogP contribution in [0.3, 0.4) is 0 Å². The number of fused-ring (bicyclic) bond motifs is 3. The summed E-state index contributed by atoms with van der Waals surface area (Å²) >= 11 is 0. The lowest BCUT2D eigenvalue weighted by Gasteiger charge is -2.22. The minimum absolute atomic E-state index is 0.00877. The molecule has 0 fully saturated rings. The fraction of sp³-hybridized carbons (Fsp3) is 0.0370. The smallest absolute Gasteiger partial charge is 0.0340 e. The molecule has 4 heteroatoms. The van der Waals surface area contributed by atoms with Crippen molar-refractivity contribution in [2.24, 2.45) is 5.73 Å². The fourth-order valence-corrected chi connectivity index (χ4v) is 8.48. The highest BCUT2D eigenvalue weighted by Crippen LogP contribution is 2.39. The SMILES string of the molecule is C=Cc1cc(C(c2ccc(-c3ccc(C(c4ccc5cc(N)ccc5c4)c4ccc5cc(N)ccc5c4)cc3)cc2)c2ccc3cc(N)ccc3c2)ccc1/C=C/N. The van der Waals surface area contributed by atoms with Crippen LogP contribution >= 0.6 is 0 Å². The summed E-state index contributed by atoms with van der Waals surface area (Å²) in [5, 5.41) is 6.86. The monoisotopic (exact) mass is 748 g/mol. The Labute approximate surface area is 339 Å². The summed E-state index contributed by atoms with van der Waals surface area (Å²) in [6, 6.07) is 62.9. The molecule has 0 saturated heterocycles. The summed E-state index contributed by atoms with van der Waals surface area (Å²) in [4.78, 5) is 0. The molecule has 0 heterocycles. The first-order chi connectivity index (χ1) is 28.3. The molecular weight excluding hydrogens is 705 g/mol. The maximum Gasteiger partial charge on any atom is 0.0340 e. The van der Waals surface area contributed by atoms with E-state index in [1.165, 1.54) is 33.4 Å². The van der Waals surface area contributed by atoms with E-state index in [1.54, 1.807) is 6.20 Å². The lowest BCUT2D eigenvalue weighted by molar-refractivity contribution is 0.979. The van der Waals surface area contributed by atoms with E-state index < -0.39 is 0 Å². The first kappa shape index (κ1) is 36.1. The Balaban J connectivity index is 1.09. The molecule has 1 unspecified atom stereocenters. The van der Waals surface area contributed by atoms with Gasteiger partial charge in [0.15, 0.2) is 0 Å². The van der Waals surface area contributed by atoms with E-state index in [9.17, 15) is 0 Å². The maximum absolute atomic E-state index is 6.13. The molecule has 9 aromatic rings. The molecule has 9 rings (SSSR count). The van der Waals surface area contributed by atoms with Crippen molar-refractivity contribution >= 4 is 61.5 Å². The van der Waals surface area contributed by atoms with Crippen LogP contribution in [-0.2, 0) is 0 Å². The number of anilines is 3. The van der Waals surface area contributed by atoms with Gasteiger partial charge in [-0.3, -0.25) is 0 Å². The minimum atomic E-state index is -0.00877. The average Bonchev–Trinajstić information content (AvgIpc) is 3.25. The van der Waals surface area contributed by atoms with Crippen molar-refractivity contribution in [2.45, 2.75) is 11.8 Å². The molecule has 58 heavy (non-hydrogen) atoms. The van der Waals surface area contributed by atoms with Gasteiger partial charge in [-0.05, 0) is 137 Å². The van der Waals surface area contributed by atoms with Crippen LogP contribution in [0.1, 0.15) is 56.3 Å². The van der Waals surface area contributed by atoms with Crippen molar-refractivity contribution < 1.29 is 0 Å². The molecule has 0 aromatic heterocycles. The van der Waals surface area contributed by atoms with Crippen LogP contribution in [-0.4, -0.2) is 0 Å². The van der Waals surface area contributed by atoms with Gasteiger partial charge in [0.1, 0.15) is 0 Å². The van der Waals surface area contributed by atoms with Gasteiger partial charge in [0.25, 0.3) is 0 Å². The first-order valence-corrected chi connectivity index (χ1v) is 19.6. The highest BCUT2D eigenvalue weighted by Gasteiger charge is 2.21. The summed E-state index contributed by atoms with van der Waals surface area (Å²) < 4.78 is 0. The minimum Gasteiger partial charge on any atom is -0.405 e. The molecule has 1 atom stereocenters. The normalized spacial score (nSPS) is 12.2. The number of nitrogen functional groups attached to an aromatic ring is 3. The third-order valence-corrected chi connectivity index (χ3v) is 11.4. The van der Waals surface area contributed by atoms with Gasteiger partial charge < -0.3 is 22.9 Å². The molecule has 0 amide bonds. The van der Waals surface area contributed by atoms with Crippen LogP contribution < -0.4 is 22.9 Å². The zero-order valence-corrected chi connectivity index (χ0v) is 32.1. The third-order valence-electron chi connectivity index (χ3n) is 11.4. The van der Waals surface area contributed by atoms with Crippen molar-refractivity contribution in [3.8, 4) is 11.1 Å². The van der Waals surface area contributed by atoms with Crippen LogP contribution in [0.25, 0.3) is 55.6 Å². The summed E-state index contributed by atoms with van der Waals surface area (Å²) in [6.07, 6.45) is 5.37. The molecule has 4 nitrogen and oxygen atoms in total. The second-order valence-electron chi connectivity index (χ2n) is 15.2. The Morgan fingerprint density at radius 1 is 0.345 bits per heavy atom. The van der Waals surface area contributed by atoms with E-state index >= 15 is 0 Å². The number of hydrogen-bond donors (Lipinski definition) is 4. The van der Waals surface area contributed by atoms with Crippen molar-refractivity contribution in [1.82, 2.24) is 0 Å². The highest BCUT2D eigenvalue weighted by molar-refractivity contribution is 5.89. The molecular formula is C54H44N4. The van der Waals surface area contributed by atoms with Gasteiger partial charge in [-0.25, -0.2) is 0 Å². The van der Waals surface area contributed by atoms with Crippen molar-refractivity contribution in [3.63, 3.8) is 0 Å². The predicted octanol–water partition coefficient (Wildman–Crippen LogP) is 12.5. The summed E-state index contributed by atoms with van der Waals surface area (Å²) in [5.74, 6) is 0.0113. The average molecular weight is 749 g/mol. The first-order valence-electron chi connectivity index (χ1n) is 19.6. The molecule has 0 aliphatic heterocycles. The largest absolute Gasteiger partial charge is 0.405 e. The Morgan fingerprint density at radius 3 is 1.05 bits per heavy atom. The molecule has 8 N–H and O–H groups in total. The maximum atomic E-state index is 6.13. The van der Waals surface area contributed by atoms with Gasteiger partial charge in [0.2, 0.25) is 0 Å². The molecule has 0 bridgehead atoms. The Hall–Kier alpha value is -7.56. The zero-order chi connectivity index (χ0) is 39.8. The second kappa shape index (κ2) is 15.2. The van der Waals surface area contributed by atoms with E-state index in [1.807, 2.05) is 48.6 Å². The van der Waals surface area contributed by atoms with E-state index in [0.29, 0.717) is 0 Å². The highest BCUT2D eigenvalue weighted by atomic mass is 14.5. The van der Waals surface area contributed by atoms with Gasteiger partial charge in [-0.15, -0.1) is 0 Å². The lowest BCUT2D eigenvalue weighted by Crippen LogP contribution is -2.05. The van der Waals surface area contributed by atoms with Gasteiger partial charge in [-0.2, -0.15) is 0 Å². The van der Waals surface area contributed by atoms with Crippen molar-refractivity contribution in [2.75, 3.05) is 17.2 Å². The van der Waals surface area contributed by atoms with Gasteiger partial charge in [0.05, 0.1) is 0 Å².